The van der Waals surface area contributed by atoms with E-state index in [1.54, 1.807) is 0 Å². The number of Topliss-reactive ketones (excluding diaryl/α,β-unsaturated/α-hetero) is 1. The van der Waals surface area contributed by atoms with Crippen molar-refractivity contribution < 1.29 is 4.79 Å². The number of aromatic nitrogens is 1. The van der Waals surface area contributed by atoms with Gasteiger partial charge in [0.15, 0.2) is 5.78 Å². The first-order chi connectivity index (χ1) is 9.80. The molecule has 0 saturated carbocycles. The number of halogens is 1. The molecule has 0 saturated heterocycles. The zero-order valence-corrected chi connectivity index (χ0v) is 14.5. The van der Waals surface area contributed by atoms with Crippen LogP contribution in [0.3, 0.4) is 0 Å². The summed E-state index contributed by atoms with van der Waals surface area (Å²) in [5.74, 6) is 0.270. The molecule has 0 radical (unpaired) electrons. The van der Waals surface area contributed by atoms with Gasteiger partial charge < -0.3 is 4.57 Å². The summed E-state index contributed by atoms with van der Waals surface area (Å²) in [6.45, 7) is 8.51. The normalized spacial score (nSPS) is 16.9. The molecule has 3 heteroatoms. The van der Waals surface area contributed by atoms with Gasteiger partial charge in [-0.2, -0.15) is 0 Å². The lowest BCUT2D eigenvalue weighted by atomic mass is 9.76. The number of fused-ring (bicyclic) bond motifs is 1. The maximum absolute atomic E-state index is 12.4. The van der Waals surface area contributed by atoms with Crippen LogP contribution in [0.4, 0.5) is 0 Å². The van der Waals surface area contributed by atoms with Gasteiger partial charge in [0, 0.05) is 27.8 Å². The maximum Gasteiger partial charge on any atom is 0.165 e. The van der Waals surface area contributed by atoms with Crippen LogP contribution < -0.4 is 0 Å². The predicted octanol–water partition coefficient (Wildman–Crippen LogP) is 5.01. The van der Waals surface area contributed by atoms with Gasteiger partial charge in [0.05, 0.1) is 5.69 Å². The number of hydrogen-bond donors (Lipinski definition) is 0. The fourth-order valence-corrected chi connectivity index (χ4v) is 3.73. The van der Waals surface area contributed by atoms with Crippen molar-refractivity contribution in [1.82, 2.24) is 4.57 Å². The second-order valence-corrected chi connectivity index (χ2v) is 7.62. The van der Waals surface area contributed by atoms with Crippen LogP contribution in [-0.4, -0.2) is 10.4 Å². The molecule has 0 amide bonds. The molecule has 1 aliphatic carbocycles. The average Bonchev–Trinajstić information content (AvgIpc) is 2.69. The first kappa shape index (κ1) is 14.6. The predicted molar refractivity (Wildman–Crippen MR) is 89.4 cm³/mol. The minimum atomic E-state index is 0.0307. The lowest BCUT2D eigenvalue weighted by Gasteiger charge is -2.30. The second-order valence-electron chi connectivity index (χ2n) is 6.83. The summed E-state index contributed by atoms with van der Waals surface area (Å²) in [5.41, 5.74) is 5.54. The molecule has 1 aromatic heterocycles. The fraction of sp³-hybridized carbons (Fsp3) is 0.389. The quantitative estimate of drug-likeness (QED) is 0.711. The van der Waals surface area contributed by atoms with Crippen molar-refractivity contribution in [2.24, 2.45) is 5.41 Å². The Kier molecular flexibility index (Phi) is 3.36. The standard InChI is InChI=1S/C18H20BrNO/c1-11-6-5-7-14(17(11)19)20-12(2)8-13-15(20)9-18(3,4)10-16(13)21/h5-8H,9-10H2,1-4H3. The first-order valence-corrected chi connectivity index (χ1v) is 8.09. The van der Waals surface area contributed by atoms with Crippen LogP contribution in [-0.2, 0) is 6.42 Å². The van der Waals surface area contributed by atoms with E-state index < -0.39 is 0 Å². The van der Waals surface area contributed by atoms with Gasteiger partial charge in [-0.05, 0) is 59.3 Å². The van der Waals surface area contributed by atoms with Crippen molar-refractivity contribution in [3.05, 3.63) is 51.3 Å². The molecule has 0 fully saturated rings. The number of hydrogen-bond acceptors (Lipinski definition) is 1. The zero-order chi connectivity index (χ0) is 15.4. The van der Waals surface area contributed by atoms with E-state index in [0.717, 1.165) is 33.5 Å². The zero-order valence-electron chi connectivity index (χ0n) is 13.0. The molecule has 2 aromatic rings. The number of carbonyl (C=O) groups excluding carboxylic acids is 1. The van der Waals surface area contributed by atoms with Gasteiger partial charge >= 0.3 is 0 Å². The molecule has 3 rings (SSSR count). The molecular weight excluding hydrogens is 326 g/mol. The Hall–Kier alpha value is -1.35. The van der Waals surface area contributed by atoms with Crippen LogP contribution in [0.1, 0.15) is 47.6 Å². The molecule has 0 N–H and O–H groups in total. The summed E-state index contributed by atoms with van der Waals surface area (Å²) in [5, 5.41) is 0. The molecule has 0 spiro atoms. The molecular formula is C18H20BrNO. The van der Waals surface area contributed by atoms with Crippen molar-refractivity contribution in [1.29, 1.82) is 0 Å². The van der Waals surface area contributed by atoms with Gasteiger partial charge in [0.25, 0.3) is 0 Å². The summed E-state index contributed by atoms with van der Waals surface area (Å²) < 4.78 is 3.34. The van der Waals surface area contributed by atoms with E-state index in [9.17, 15) is 4.79 Å². The van der Waals surface area contributed by atoms with Crippen molar-refractivity contribution in [3.8, 4) is 5.69 Å². The molecule has 110 valence electrons. The Morgan fingerprint density at radius 3 is 2.62 bits per heavy atom. The van der Waals surface area contributed by atoms with E-state index >= 15 is 0 Å². The number of carbonyl (C=O) groups is 1. The first-order valence-electron chi connectivity index (χ1n) is 7.30. The van der Waals surface area contributed by atoms with E-state index in [4.69, 9.17) is 0 Å². The summed E-state index contributed by atoms with van der Waals surface area (Å²) in [6.07, 6.45) is 1.57. The molecule has 0 atom stereocenters. The highest BCUT2D eigenvalue weighted by atomic mass is 79.9. The highest BCUT2D eigenvalue weighted by molar-refractivity contribution is 9.10. The second kappa shape index (κ2) is 4.84. The Bertz CT molecular complexity index is 740. The maximum atomic E-state index is 12.4. The fourth-order valence-electron chi connectivity index (χ4n) is 3.29. The van der Waals surface area contributed by atoms with Gasteiger partial charge in [-0.1, -0.05) is 26.0 Å². The van der Waals surface area contributed by atoms with Crippen molar-refractivity contribution >= 4 is 21.7 Å². The van der Waals surface area contributed by atoms with Gasteiger partial charge in [0.2, 0.25) is 0 Å². The minimum absolute atomic E-state index is 0.0307. The van der Waals surface area contributed by atoms with Crippen LogP contribution in [0.5, 0.6) is 0 Å². The number of rotatable bonds is 1. The molecule has 21 heavy (non-hydrogen) atoms. The Morgan fingerprint density at radius 1 is 1.19 bits per heavy atom. The monoisotopic (exact) mass is 345 g/mol. The lowest BCUT2D eigenvalue weighted by molar-refractivity contribution is 0.0911. The summed E-state index contributed by atoms with van der Waals surface area (Å²) >= 11 is 3.70. The third kappa shape index (κ3) is 2.38. The van der Waals surface area contributed by atoms with Crippen LogP contribution >= 0.6 is 15.9 Å². The average molecular weight is 346 g/mol. The molecule has 1 aromatic carbocycles. The molecule has 2 nitrogen and oxygen atoms in total. The topological polar surface area (TPSA) is 22.0 Å². The van der Waals surface area contributed by atoms with E-state index in [1.165, 1.54) is 5.56 Å². The molecule has 1 aliphatic rings. The van der Waals surface area contributed by atoms with E-state index in [0.29, 0.717) is 6.42 Å². The third-order valence-corrected chi connectivity index (χ3v) is 5.32. The highest BCUT2D eigenvalue weighted by Crippen LogP contribution is 2.38. The Morgan fingerprint density at radius 2 is 1.90 bits per heavy atom. The molecule has 0 unspecified atom stereocenters. The van der Waals surface area contributed by atoms with Crippen LogP contribution in [0.15, 0.2) is 28.7 Å². The van der Waals surface area contributed by atoms with Crippen LogP contribution in [0, 0.1) is 19.3 Å². The number of ketones is 1. The smallest absolute Gasteiger partial charge is 0.165 e. The van der Waals surface area contributed by atoms with Crippen molar-refractivity contribution in [3.63, 3.8) is 0 Å². The van der Waals surface area contributed by atoms with Gasteiger partial charge in [0.1, 0.15) is 0 Å². The van der Waals surface area contributed by atoms with Crippen LogP contribution in [0.25, 0.3) is 5.69 Å². The summed E-state index contributed by atoms with van der Waals surface area (Å²) in [4.78, 5) is 12.4. The molecule has 0 aliphatic heterocycles. The van der Waals surface area contributed by atoms with E-state index in [-0.39, 0.29) is 11.2 Å². The number of benzene rings is 1. The number of aryl methyl sites for hydroxylation is 2. The van der Waals surface area contributed by atoms with Gasteiger partial charge in [-0.25, -0.2) is 0 Å². The number of nitrogens with zero attached hydrogens (tertiary/aromatic N) is 1. The van der Waals surface area contributed by atoms with Gasteiger partial charge in [-0.15, -0.1) is 0 Å². The van der Waals surface area contributed by atoms with E-state index in [1.807, 2.05) is 6.07 Å². The van der Waals surface area contributed by atoms with Crippen molar-refractivity contribution in [2.75, 3.05) is 0 Å². The summed E-state index contributed by atoms with van der Waals surface area (Å²) in [7, 11) is 0. The Balaban J connectivity index is 2.26. The highest BCUT2D eigenvalue weighted by Gasteiger charge is 2.34. The summed E-state index contributed by atoms with van der Waals surface area (Å²) in [6, 6.07) is 8.31. The SMILES string of the molecule is Cc1cccc(-n2c(C)cc3c2CC(C)(C)CC3=O)c1Br. The third-order valence-electron chi connectivity index (χ3n) is 4.28. The van der Waals surface area contributed by atoms with Gasteiger partial charge in [-0.3, -0.25) is 4.79 Å². The van der Waals surface area contributed by atoms with Crippen LogP contribution in [0.2, 0.25) is 0 Å². The van der Waals surface area contributed by atoms with Crippen molar-refractivity contribution in [2.45, 2.75) is 40.5 Å². The Labute approximate surface area is 134 Å². The molecule has 1 heterocycles. The van der Waals surface area contributed by atoms with E-state index in [2.05, 4.69) is 66.4 Å². The largest absolute Gasteiger partial charge is 0.316 e. The lowest BCUT2D eigenvalue weighted by Crippen LogP contribution is -2.27. The molecule has 0 bridgehead atoms. The minimum Gasteiger partial charge on any atom is -0.316 e.